The Balaban J connectivity index is 2.23. The summed E-state index contributed by atoms with van der Waals surface area (Å²) in [5, 5.41) is 0. The van der Waals surface area contributed by atoms with Crippen LogP contribution in [0.4, 0.5) is 0 Å². The average molecular weight is 515 g/mol. The number of halogens is 1. The second-order valence-corrected chi connectivity index (χ2v) is 12.8. The number of esters is 1. The first-order valence-electron chi connectivity index (χ1n) is 11.2. The predicted octanol–water partition coefficient (Wildman–Crippen LogP) is 5.03. The number of hydrogen-bond donors (Lipinski definition) is 1. The van der Waals surface area contributed by atoms with Crippen LogP contribution in [-0.4, -0.2) is 34.7 Å². The van der Waals surface area contributed by atoms with E-state index in [0.717, 1.165) is 47.7 Å². The molecule has 0 radical (unpaired) electrons. The van der Waals surface area contributed by atoms with Crippen LogP contribution < -0.4 is 4.72 Å². The molecule has 0 unspecified atom stereocenters. The Bertz CT molecular complexity index is 854. The lowest BCUT2D eigenvalue weighted by Gasteiger charge is -2.51. The molecule has 7 heteroatoms. The van der Waals surface area contributed by atoms with Crippen molar-refractivity contribution in [1.82, 2.24) is 4.72 Å². The number of ether oxygens (including phenoxy) is 2. The minimum Gasteiger partial charge on any atom is -0.464 e. The Morgan fingerprint density at radius 1 is 1.32 bits per heavy atom. The molecule has 174 valence electrons. The minimum absolute atomic E-state index is 0.180. The monoisotopic (exact) mass is 513 g/mol. The van der Waals surface area contributed by atoms with Gasteiger partial charge in [-0.05, 0) is 82.6 Å². The SMILES string of the molecule is CCOC(=O)[C@]1(N[S@@](=O)C(C)(C)C)c2cc(Br)ccc2C[C@@]12CC[C@H](OC)[C@@H](CC)C2. The first-order valence-corrected chi connectivity index (χ1v) is 13.2. The van der Waals surface area contributed by atoms with Crippen LogP contribution in [0.5, 0.6) is 0 Å². The Labute approximate surface area is 197 Å². The van der Waals surface area contributed by atoms with E-state index < -0.39 is 26.7 Å². The van der Waals surface area contributed by atoms with Gasteiger partial charge in [0.05, 0.1) is 28.4 Å². The summed E-state index contributed by atoms with van der Waals surface area (Å²) in [6, 6.07) is 6.12. The Kier molecular flexibility index (Phi) is 7.41. The summed E-state index contributed by atoms with van der Waals surface area (Å²) in [5.41, 5.74) is 0.440. The zero-order chi connectivity index (χ0) is 23.0. The number of carbonyl (C=O) groups is 1. The topological polar surface area (TPSA) is 64.6 Å². The zero-order valence-electron chi connectivity index (χ0n) is 19.5. The molecule has 1 fully saturated rings. The van der Waals surface area contributed by atoms with Gasteiger partial charge in [-0.15, -0.1) is 0 Å². The standard InChI is InChI=1S/C24H36BrNO4S/c1-7-16-14-23(12-11-20(16)29-6)15-17-9-10-18(25)13-19(17)24(23,21(27)30-8-2)26-31(28)22(3,4)5/h9-10,13,16,20,26H,7-8,11-12,14-15H2,1-6H3/t16-,20-,23-,24+,31-/m0/s1. The molecule has 2 aliphatic carbocycles. The second kappa shape index (κ2) is 9.24. The zero-order valence-corrected chi connectivity index (χ0v) is 22.0. The summed E-state index contributed by atoms with van der Waals surface area (Å²) in [6.45, 7) is 10.1. The van der Waals surface area contributed by atoms with Gasteiger partial charge in [0.1, 0.15) is 0 Å². The highest BCUT2D eigenvalue weighted by atomic mass is 79.9. The molecule has 0 saturated heterocycles. The van der Waals surface area contributed by atoms with Crippen LogP contribution >= 0.6 is 15.9 Å². The van der Waals surface area contributed by atoms with Gasteiger partial charge < -0.3 is 9.47 Å². The fourth-order valence-electron chi connectivity index (χ4n) is 5.51. The molecule has 3 rings (SSSR count). The lowest BCUT2D eigenvalue weighted by Crippen LogP contribution is -2.63. The highest BCUT2D eigenvalue weighted by Gasteiger charge is 2.65. The fourth-order valence-corrected chi connectivity index (χ4v) is 6.86. The molecule has 0 heterocycles. The second-order valence-electron chi connectivity index (χ2n) is 9.90. The maximum Gasteiger partial charge on any atom is 0.332 e. The van der Waals surface area contributed by atoms with E-state index in [1.165, 1.54) is 0 Å². The molecule has 0 aliphatic heterocycles. The molecule has 1 N–H and O–H groups in total. The van der Waals surface area contributed by atoms with Crippen LogP contribution in [0.15, 0.2) is 22.7 Å². The van der Waals surface area contributed by atoms with E-state index in [1.807, 2.05) is 39.8 Å². The van der Waals surface area contributed by atoms with E-state index in [4.69, 9.17) is 9.47 Å². The van der Waals surface area contributed by atoms with Crippen LogP contribution in [0.1, 0.15) is 71.4 Å². The number of fused-ring (bicyclic) bond motifs is 1. The van der Waals surface area contributed by atoms with Crippen molar-refractivity contribution in [2.75, 3.05) is 13.7 Å². The van der Waals surface area contributed by atoms with Gasteiger partial charge in [0.2, 0.25) is 0 Å². The fraction of sp³-hybridized carbons (Fsp3) is 0.708. The van der Waals surface area contributed by atoms with Crippen molar-refractivity contribution >= 4 is 32.9 Å². The van der Waals surface area contributed by atoms with Crippen LogP contribution in [0.3, 0.4) is 0 Å². The van der Waals surface area contributed by atoms with Crippen molar-refractivity contribution in [2.24, 2.45) is 11.3 Å². The van der Waals surface area contributed by atoms with Gasteiger partial charge in [-0.2, -0.15) is 0 Å². The highest BCUT2D eigenvalue weighted by molar-refractivity contribution is 9.10. The molecular formula is C24H36BrNO4S. The predicted molar refractivity (Wildman–Crippen MR) is 128 cm³/mol. The van der Waals surface area contributed by atoms with Gasteiger partial charge in [0.15, 0.2) is 5.54 Å². The first kappa shape index (κ1) is 24.9. The maximum absolute atomic E-state index is 13.9. The Morgan fingerprint density at radius 3 is 2.61 bits per heavy atom. The number of nitrogens with one attached hydrogen (secondary N) is 1. The number of carbonyl (C=O) groups excluding carboxylic acids is 1. The van der Waals surface area contributed by atoms with E-state index in [0.29, 0.717) is 5.92 Å². The molecule has 0 bridgehead atoms. The highest BCUT2D eigenvalue weighted by Crippen LogP contribution is 2.60. The molecule has 2 aliphatic rings. The Morgan fingerprint density at radius 2 is 2.03 bits per heavy atom. The molecule has 5 atom stereocenters. The molecule has 1 saturated carbocycles. The Hall–Kier alpha value is -0.760. The van der Waals surface area contributed by atoms with E-state index in [-0.39, 0.29) is 18.7 Å². The van der Waals surface area contributed by atoms with Crippen molar-refractivity contribution in [1.29, 1.82) is 0 Å². The van der Waals surface area contributed by atoms with Crippen LogP contribution in [0.25, 0.3) is 0 Å². The molecule has 1 aromatic rings. The van der Waals surface area contributed by atoms with E-state index in [1.54, 1.807) is 7.11 Å². The number of rotatable bonds is 6. The van der Waals surface area contributed by atoms with Crippen LogP contribution in [-0.2, 0) is 37.2 Å². The van der Waals surface area contributed by atoms with Gasteiger partial charge in [-0.1, -0.05) is 35.3 Å². The van der Waals surface area contributed by atoms with Gasteiger partial charge in [-0.3, -0.25) is 0 Å². The van der Waals surface area contributed by atoms with Crippen LogP contribution in [0, 0.1) is 11.3 Å². The quantitative estimate of drug-likeness (QED) is 0.541. The number of hydrogen-bond acceptors (Lipinski definition) is 4. The maximum atomic E-state index is 13.9. The van der Waals surface area contributed by atoms with Gasteiger partial charge in [-0.25, -0.2) is 13.7 Å². The molecule has 0 aromatic heterocycles. The van der Waals surface area contributed by atoms with Gasteiger partial charge >= 0.3 is 5.97 Å². The molecule has 0 amide bonds. The largest absolute Gasteiger partial charge is 0.464 e. The molecule has 31 heavy (non-hydrogen) atoms. The smallest absolute Gasteiger partial charge is 0.332 e. The molecular weight excluding hydrogens is 478 g/mol. The third-order valence-corrected chi connectivity index (χ3v) is 9.19. The third-order valence-electron chi connectivity index (χ3n) is 7.10. The summed E-state index contributed by atoms with van der Waals surface area (Å²) >= 11 is 3.59. The van der Waals surface area contributed by atoms with Crippen LogP contribution in [0.2, 0.25) is 0 Å². The third kappa shape index (κ3) is 4.28. The van der Waals surface area contributed by atoms with Gasteiger partial charge in [0, 0.05) is 17.0 Å². The van der Waals surface area contributed by atoms with Crippen molar-refractivity contribution < 1.29 is 18.5 Å². The summed E-state index contributed by atoms with van der Waals surface area (Å²) in [4.78, 5) is 13.9. The lowest BCUT2D eigenvalue weighted by molar-refractivity contribution is -0.161. The summed E-state index contributed by atoms with van der Waals surface area (Å²) in [6.07, 6.45) is 4.41. The van der Waals surface area contributed by atoms with E-state index in [9.17, 15) is 9.00 Å². The average Bonchev–Trinajstić information content (AvgIpc) is 2.96. The molecule has 1 aromatic carbocycles. The summed E-state index contributed by atoms with van der Waals surface area (Å²) in [7, 11) is 0.322. The number of methoxy groups -OCH3 is 1. The van der Waals surface area contributed by atoms with Gasteiger partial charge in [0.25, 0.3) is 0 Å². The van der Waals surface area contributed by atoms with Crippen molar-refractivity contribution in [3.63, 3.8) is 0 Å². The van der Waals surface area contributed by atoms with E-state index in [2.05, 4.69) is 33.6 Å². The molecule has 5 nitrogen and oxygen atoms in total. The van der Waals surface area contributed by atoms with Crippen molar-refractivity contribution in [3.05, 3.63) is 33.8 Å². The van der Waals surface area contributed by atoms with Crippen molar-refractivity contribution in [2.45, 2.75) is 83.1 Å². The normalized spacial score (nSPS) is 31.5. The first-order chi connectivity index (χ1) is 14.5. The molecule has 1 spiro atoms. The number of benzene rings is 1. The van der Waals surface area contributed by atoms with E-state index >= 15 is 0 Å². The minimum atomic E-state index is -1.45. The summed E-state index contributed by atoms with van der Waals surface area (Å²) < 4.78 is 28.7. The summed E-state index contributed by atoms with van der Waals surface area (Å²) in [5.74, 6) is 0.00495. The van der Waals surface area contributed by atoms with Crippen molar-refractivity contribution in [3.8, 4) is 0 Å². The lowest BCUT2D eigenvalue weighted by atomic mass is 9.58.